The topological polar surface area (TPSA) is 84.0 Å². The van der Waals surface area contributed by atoms with E-state index in [1.165, 1.54) is 6.92 Å². The normalized spacial score (nSPS) is 11.5. The third-order valence-corrected chi connectivity index (χ3v) is 4.26. The van der Waals surface area contributed by atoms with Crippen LogP contribution in [0.5, 0.6) is 0 Å². The summed E-state index contributed by atoms with van der Waals surface area (Å²) in [6, 6.07) is 16.1. The predicted octanol–water partition coefficient (Wildman–Crippen LogP) is 4.00. The van der Waals surface area contributed by atoms with E-state index in [9.17, 15) is 9.59 Å². The molecule has 3 rings (SSSR count). The Bertz CT molecular complexity index is 944. The van der Waals surface area contributed by atoms with Crippen molar-refractivity contribution in [3.63, 3.8) is 0 Å². The van der Waals surface area contributed by atoms with Crippen molar-refractivity contribution in [3.05, 3.63) is 77.6 Å². The van der Waals surface area contributed by atoms with Gasteiger partial charge in [-0.25, -0.2) is 9.97 Å². The molecule has 1 atom stereocenters. The van der Waals surface area contributed by atoms with E-state index in [0.29, 0.717) is 16.5 Å². The Morgan fingerprint density at radius 3 is 2.25 bits per heavy atom. The van der Waals surface area contributed by atoms with Crippen LogP contribution in [0.3, 0.4) is 0 Å². The van der Waals surface area contributed by atoms with Gasteiger partial charge in [-0.1, -0.05) is 54.1 Å². The summed E-state index contributed by atoms with van der Waals surface area (Å²) in [4.78, 5) is 32.5. The van der Waals surface area contributed by atoms with Crippen molar-refractivity contribution in [1.29, 1.82) is 0 Å². The van der Waals surface area contributed by atoms with Crippen LogP contribution in [0.4, 0.5) is 5.69 Å². The third kappa shape index (κ3) is 5.37. The van der Waals surface area contributed by atoms with E-state index in [1.54, 1.807) is 36.7 Å². The molecule has 1 heterocycles. The highest BCUT2D eigenvalue weighted by molar-refractivity contribution is 6.30. The Labute approximate surface area is 168 Å². The molecular weight excluding hydrogens is 376 g/mol. The van der Waals surface area contributed by atoms with E-state index in [-0.39, 0.29) is 18.2 Å². The summed E-state index contributed by atoms with van der Waals surface area (Å²) >= 11 is 5.91. The number of carbonyl (C=O) groups excluding carboxylic acids is 2. The Balaban J connectivity index is 1.67. The molecule has 0 spiro atoms. The lowest BCUT2D eigenvalue weighted by molar-refractivity contribution is -0.120. The molecule has 1 aromatic heterocycles. The van der Waals surface area contributed by atoms with Crippen molar-refractivity contribution in [2.45, 2.75) is 19.4 Å². The first-order chi connectivity index (χ1) is 13.5. The SMILES string of the molecule is CC(=O)NC(CC(=O)Nc1cnc(-c2ccccc2)nc1)c1ccc(Cl)cc1. The molecule has 0 radical (unpaired) electrons. The number of hydrogen-bond acceptors (Lipinski definition) is 4. The average Bonchev–Trinajstić information content (AvgIpc) is 2.69. The molecule has 2 N–H and O–H groups in total. The number of nitrogens with one attached hydrogen (secondary N) is 2. The molecule has 2 amide bonds. The number of aromatic nitrogens is 2. The number of carbonyl (C=O) groups is 2. The maximum atomic E-state index is 12.5. The molecule has 0 saturated heterocycles. The second kappa shape index (κ2) is 9.10. The molecule has 2 aromatic carbocycles. The third-order valence-electron chi connectivity index (χ3n) is 4.01. The van der Waals surface area contributed by atoms with Crippen LogP contribution in [0.15, 0.2) is 67.0 Å². The van der Waals surface area contributed by atoms with Gasteiger partial charge in [0.05, 0.1) is 30.5 Å². The summed E-state index contributed by atoms with van der Waals surface area (Å²) in [6.07, 6.45) is 3.19. The number of rotatable bonds is 6. The highest BCUT2D eigenvalue weighted by Gasteiger charge is 2.17. The summed E-state index contributed by atoms with van der Waals surface area (Å²) in [7, 11) is 0. The number of hydrogen-bond donors (Lipinski definition) is 2. The lowest BCUT2D eigenvalue weighted by atomic mass is 10.0. The van der Waals surface area contributed by atoms with Crippen molar-refractivity contribution < 1.29 is 9.59 Å². The van der Waals surface area contributed by atoms with Crippen molar-refractivity contribution in [2.75, 3.05) is 5.32 Å². The summed E-state index contributed by atoms with van der Waals surface area (Å²) in [6.45, 7) is 1.41. The molecule has 0 saturated carbocycles. The van der Waals surface area contributed by atoms with Crippen LogP contribution < -0.4 is 10.6 Å². The quantitative estimate of drug-likeness (QED) is 0.661. The van der Waals surface area contributed by atoms with Crippen molar-refractivity contribution in [1.82, 2.24) is 15.3 Å². The molecule has 0 aliphatic carbocycles. The summed E-state index contributed by atoms with van der Waals surface area (Å²) < 4.78 is 0. The number of benzene rings is 2. The van der Waals surface area contributed by atoms with Crippen LogP contribution in [-0.4, -0.2) is 21.8 Å². The van der Waals surface area contributed by atoms with Gasteiger partial charge >= 0.3 is 0 Å². The highest BCUT2D eigenvalue weighted by atomic mass is 35.5. The zero-order valence-electron chi connectivity index (χ0n) is 15.2. The van der Waals surface area contributed by atoms with E-state index >= 15 is 0 Å². The maximum Gasteiger partial charge on any atom is 0.226 e. The zero-order valence-corrected chi connectivity index (χ0v) is 16.0. The average molecular weight is 395 g/mol. The maximum absolute atomic E-state index is 12.5. The molecule has 0 fully saturated rings. The fraction of sp³-hybridized carbons (Fsp3) is 0.143. The van der Waals surface area contributed by atoms with E-state index in [2.05, 4.69) is 20.6 Å². The van der Waals surface area contributed by atoms with Crippen LogP contribution in [0.2, 0.25) is 5.02 Å². The van der Waals surface area contributed by atoms with Crippen LogP contribution in [0.25, 0.3) is 11.4 Å². The standard InChI is InChI=1S/C21H19ClN4O2/c1-14(27)25-19(15-7-9-17(22)10-8-15)11-20(28)26-18-12-23-21(24-13-18)16-5-3-2-4-6-16/h2-10,12-13,19H,11H2,1H3,(H,25,27)(H,26,28). The number of anilines is 1. The molecular formula is C21H19ClN4O2. The molecule has 142 valence electrons. The number of halogens is 1. The van der Waals surface area contributed by atoms with Gasteiger partial charge in [0.15, 0.2) is 5.82 Å². The molecule has 3 aromatic rings. The first-order valence-corrected chi connectivity index (χ1v) is 9.09. The summed E-state index contributed by atoms with van der Waals surface area (Å²) in [5, 5.41) is 6.14. The van der Waals surface area contributed by atoms with Crippen LogP contribution in [0.1, 0.15) is 24.9 Å². The lowest BCUT2D eigenvalue weighted by Gasteiger charge is -2.18. The van der Waals surface area contributed by atoms with Gasteiger partial charge in [0.1, 0.15) is 0 Å². The van der Waals surface area contributed by atoms with Crippen molar-refractivity contribution in [3.8, 4) is 11.4 Å². The summed E-state index contributed by atoms with van der Waals surface area (Å²) in [5.41, 5.74) is 2.18. The van der Waals surface area contributed by atoms with Gasteiger partial charge < -0.3 is 10.6 Å². The molecule has 0 aliphatic heterocycles. The van der Waals surface area contributed by atoms with Gasteiger partial charge in [-0.2, -0.15) is 0 Å². The Kier molecular flexibility index (Phi) is 6.34. The second-order valence-corrected chi connectivity index (χ2v) is 6.65. The Morgan fingerprint density at radius 1 is 1.00 bits per heavy atom. The molecule has 1 unspecified atom stereocenters. The van der Waals surface area contributed by atoms with Crippen molar-refractivity contribution in [2.24, 2.45) is 0 Å². The second-order valence-electron chi connectivity index (χ2n) is 6.22. The fourth-order valence-electron chi connectivity index (χ4n) is 2.72. The smallest absolute Gasteiger partial charge is 0.226 e. The minimum atomic E-state index is -0.459. The van der Waals surface area contributed by atoms with Crippen LogP contribution in [-0.2, 0) is 9.59 Å². The fourth-order valence-corrected chi connectivity index (χ4v) is 2.84. The van der Waals surface area contributed by atoms with Gasteiger partial charge in [0, 0.05) is 17.5 Å². The minimum Gasteiger partial charge on any atom is -0.349 e. The largest absolute Gasteiger partial charge is 0.349 e. The molecule has 28 heavy (non-hydrogen) atoms. The van der Waals surface area contributed by atoms with E-state index in [0.717, 1.165) is 11.1 Å². The van der Waals surface area contributed by atoms with Gasteiger partial charge in [-0.3, -0.25) is 9.59 Å². The summed E-state index contributed by atoms with van der Waals surface area (Å²) in [5.74, 6) is 0.101. The lowest BCUT2D eigenvalue weighted by Crippen LogP contribution is -2.29. The molecule has 0 bridgehead atoms. The first-order valence-electron chi connectivity index (χ1n) is 8.71. The Hall–Kier alpha value is -3.25. The molecule has 6 nitrogen and oxygen atoms in total. The van der Waals surface area contributed by atoms with E-state index in [1.807, 2.05) is 30.3 Å². The number of amides is 2. The van der Waals surface area contributed by atoms with Gasteiger partial charge in [-0.15, -0.1) is 0 Å². The number of nitrogens with zero attached hydrogens (tertiary/aromatic N) is 2. The van der Waals surface area contributed by atoms with Gasteiger partial charge in [0.25, 0.3) is 0 Å². The zero-order chi connectivity index (χ0) is 19.9. The minimum absolute atomic E-state index is 0.0711. The van der Waals surface area contributed by atoms with E-state index < -0.39 is 6.04 Å². The van der Waals surface area contributed by atoms with E-state index in [4.69, 9.17) is 11.6 Å². The van der Waals surface area contributed by atoms with Gasteiger partial charge in [0.2, 0.25) is 11.8 Å². The van der Waals surface area contributed by atoms with Crippen molar-refractivity contribution >= 4 is 29.1 Å². The molecule has 0 aliphatic rings. The Morgan fingerprint density at radius 2 is 1.64 bits per heavy atom. The first kappa shape index (κ1) is 19.5. The van der Waals surface area contributed by atoms with Gasteiger partial charge in [-0.05, 0) is 17.7 Å². The molecule has 7 heteroatoms. The highest BCUT2D eigenvalue weighted by Crippen LogP contribution is 2.21. The monoisotopic (exact) mass is 394 g/mol. The predicted molar refractivity (Wildman–Crippen MR) is 109 cm³/mol. The van der Waals surface area contributed by atoms with Crippen LogP contribution in [0, 0.1) is 0 Å². The van der Waals surface area contributed by atoms with Crippen LogP contribution >= 0.6 is 11.6 Å².